The number of nitrogens with zero attached hydrogens (tertiary/aromatic N) is 6. The molecule has 0 radical (unpaired) electrons. The van der Waals surface area contributed by atoms with Gasteiger partial charge in [0.15, 0.2) is 0 Å². The van der Waals surface area contributed by atoms with Crippen molar-refractivity contribution < 1.29 is 14.1 Å². The van der Waals surface area contributed by atoms with Gasteiger partial charge in [0.25, 0.3) is 0 Å². The van der Waals surface area contributed by atoms with E-state index in [1.807, 2.05) is 50.2 Å². The van der Waals surface area contributed by atoms with Crippen LogP contribution in [0.15, 0.2) is 53.3 Å². The molecule has 10 heteroatoms. The van der Waals surface area contributed by atoms with Gasteiger partial charge in [0.1, 0.15) is 11.1 Å². The normalized spacial score (nSPS) is 21.4. The lowest BCUT2D eigenvalue weighted by Crippen LogP contribution is -2.43. The predicted octanol–water partition coefficient (Wildman–Crippen LogP) is 5.97. The molecular weight excluding hydrogens is 516 g/mol. The molecule has 1 aliphatic heterocycles. The standard InChI is InChI=1S/C29H29ClN6O3/c1-28(2,26-33-25(34-39-26)21-8-4-3-5-9-21)16-36-17-29(38-27(36)37)10-6-7-19(13-29)15-35-18-32-24-22(30)11-20(14-31)12-23(24)35/h3-5,8-9,11-12,18-19H,6-7,10,13,15-17H2,1-2H3/t19-,29?/m0/s1. The molecule has 1 unspecified atom stereocenters. The second-order valence-electron chi connectivity index (χ2n) is 11.4. The second kappa shape index (κ2) is 9.69. The van der Waals surface area contributed by atoms with Gasteiger partial charge in [0.2, 0.25) is 11.7 Å². The van der Waals surface area contributed by atoms with E-state index in [1.54, 1.807) is 17.3 Å². The molecule has 1 amide bonds. The van der Waals surface area contributed by atoms with Crippen molar-refractivity contribution in [1.82, 2.24) is 24.6 Å². The zero-order chi connectivity index (χ0) is 27.2. The Morgan fingerprint density at radius 3 is 2.87 bits per heavy atom. The fraction of sp³-hybridized carbons (Fsp3) is 0.414. The largest absolute Gasteiger partial charge is 0.441 e. The number of nitriles is 1. The summed E-state index contributed by atoms with van der Waals surface area (Å²) in [6.07, 6.45) is 5.07. The number of carbonyl (C=O) groups is 1. The predicted molar refractivity (Wildman–Crippen MR) is 145 cm³/mol. The Kier molecular flexibility index (Phi) is 6.31. The van der Waals surface area contributed by atoms with Crippen molar-refractivity contribution in [2.24, 2.45) is 5.92 Å². The smallest absolute Gasteiger partial charge is 0.410 e. The number of hydrogen-bond donors (Lipinski definition) is 0. The average molecular weight is 545 g/mol. The third kappa shape index (κ3) is 4.85. The molecule has 2 atom stereocenters. The van der Waals surface area contributed by atoms with Crippen LogP contribution in [0.2, 0.25) is 5.02 Å². The van der Waals surface area contributed by atoms with Crippen LogP contribution in [0.25, 0.3) is 22.4 Å². The summed E-state index contributed by atoms with van der Waals surface area (Å²) in [4.78, 5) is 23.9. The zero-order valence-corrected chi connectivity index (χ0v) is 22.7. The van der Waals surface area contributed by atoms with Gasteiger partial charge in [-0.15, -0.1) is 0 Å². The number of halogens is 1. The van der Waals surface area contributed by atoms with Crippen molar-refractivity contribution in [1.29, 1.82) is 5.26 Å². The first-order chi connectivity index (χ1) is 18.7. The Morgan fingerprint density at radius 2 is 2.08 bits per heavy atom. The Bertz CT molecular complexity index is 1570. The third-order valence-corrected chi connectivity index (χ3v) is 8.12. The van der Waals surface area contributed by atoms with Crippen molar-refractivity contribution in [2.45, 2.75) is 57.1 Å². The van der Waals surface area contributed by atoms with Gasteiger partial charge in [-0.05, 0) is 57.6 Å². The van der Waals surface area contributed by atoms with Gasteiger partial charge in [0, 0.05) is 18.7 Å². The maximum absolute atomic E-state index is 13.1. The third-order valence-electron chi connectivity index (χ3n) is 7.83. The molecule has 1 saturated heterocycles. The summed E-state index contributed by atoms with van der Waals surface area (Å²) in [5.41, 5.74) is 1.86. The highest BCUT2D eigenvalue weighted by Crippen LogP contribution is 2.42. The quantitative estimate of drug-likeness (QED) is 0.294. The van der Waals surface area contributed by atoms with E-state index in [2.05, 4.69) is 25.8 Å². The van der Waals surface area contributed by atoms with Gasteiger partial charge in [-0.2, -0.15) is 10.2 Å². The fourth-order valence-corrected chi connectivity index (χ4v) is 6.27. The molecule has 4 aromatic rings. The summed E-state index contributed by atoms with van der Waals surface area (Å²) in [5.74, 6) is 1.31. The average Bonchev–Trinajstić information content (AvgIpc) is 3.64. The van der Waals surface area contributed by atoms with Crippen LogP contribution in [0.5, 0.6) is 0 Å². The number of fused-ring (bicyclic) bond motifs is 1. The molecule has 0 bridgehead atoms. The zero-order valence-electron chi connectivity index (χ0n) is 21.9. The molecule has 1 saturated carbocycles. The molecule has 0 N–H and O–H groups in total. The minimum atomic E-state index is -0.550. The van der Waals surface area contributed by atoms with Crippen LogP contribution < -0.4 is 0 Å². The molecule has 2 aromatic carbocycles. The van der Waals surface area contributed by atoms with Crippen LogP contribution in [0.3, 0.4) is 0 Å². The molecule has 2 fully saturated rings. The first-order valence-electron chi connectivity index (χ1n) is 13.2. The molecule has 39 heavy (non-hydrogen) atoms. The lowest BCUT2D eigenvalue weighted by atomic mass is 9.77. The van der Waals surface area contributed by atoms with E-state index >= 15 is 0 Å². The Hall–Kier alpha value is -3.90. The van der Waals surface area contributed by atoms with Crippen LogP contribution in [0.1, 0.15) is 51.0 Å². The van der Waals surface area contributed by atoms with Crippen LogP contribution in [-0.2, 0) is 16.7 Å². The highest BCUT2D eigenvalue weighted by molar-refractivity contribution is 6.35. The molecular formula is C29H29ClN6O3. The molecule has 1 aliphatic carbocycles. The highest BCUT2D eigenvalue weighted by atomic mass is 35.5. The first kappa shape index (κ1) is 25.4. The summed E-state index contributed by atoms with van der Waals surface area (Å²) in [6.45, 7) is 5.66. The number of imidazole rings is 1. The minimum Gasteiger partial charge on any atom is -0.441 e. The SMILES string of the molecule is CC(C)(CN1CC2(CCC[C@H](Cn3cnc4c(Cl)cc(C#N)cc43)C2)OC1=O)c1nc(-c2ccccc2)no1. The van der Waals surface area contributed by atoms with Crippen LogP contribution >= 0.6 is 11.6 Å². The number of benzene rings is 2. The molecule has 2 aromatic heterocycles. The van der Waals surface area contributed by atoms with Crippen molar-refractivity contribution in [3.8, 4) is 17.5 Å². The maximum Gasteiger partial charge on any atom is 0.410 e. The van der Waals surface area contributed by atoms with E-state index in [0.717, 1.165) is 43.3 Å². The van der Waals surface area contributed by atoms with Crippen molar-refractivity contribution in [3.63, 3.8) is 0 Å². The van der Waals surface area contributed by atoms with Crippen molar-refractivity contribution in [3.05, 3.63) is 65.3 Å². The summed E-state index contributed by atoms with van der Waals surface area (Å²) < 4.78 is 13.8. The number of aromatic nitrogens is 4. The summed E-state index contributed by atoms with van der Waals surface area (Å²) in [5, 5.41) is 14.0. The van der Waals surface area contributed by atoms with E-state index < -0.39 is 11.0 Å². The van der Waals surface area contributed by atoms with Crippen molar-refractivity contribution >= 4 is 28.7 Å². The number of amides is 1. The highest BCUT2D eigenvalue weighted by Gasteiger charge is 2.49. The van der Waals surface area contributed by atoms with E-state index in [9.17, 15) is 10.1 Å². The Morgan fingerprint density at radius 1 is 1.26 bits per heavy atom. The van der Waals surface area contributed by atoms with Gasteiger partial charge in [-0.25, -0.2) is 9.78 Å². The fourth-order valence-electron chi connectivity index (χ4n) is 6.01. The molecule has 2 aliphatic rings. The van der Waals surface area contributed by atoms with Gasteiger partial charge in [-0.3, -0.25) is 0 Å². The van der Waals surface area contributed by atoms with Crippen LogP contribution in [-0.4, -0.2) is 49.4 Å². The number of carbonyl (C=O) groups excluding carboxylic acids is 1. The maximum atomic E-state index is 13.1. The summed E-state index contributed by atoms with van der Waals surface area (Å²) >= 11 is 6.35. The second-order valence-corrected chi connectivity index (χ2v) is 11.8. The van der Waals surface area contributed by atoms with Gasteiger partial charge in [-0.1, -0.05) is 47.1 Å². The molecule has 6 rings (SSSR count). The summed E-state index contributed by atoms with van der Waals surface area (Å²) in [6, 6.07) is 15.3. The van der Waals surface area contributed by atoms with E-state index in [-0.39, 0.29) is 6.09 Å². The monoisotopic (exact) mass is 544 g/mol. The molecule has 3 heterocycles. The van der Waals surface area contributed by atoms with Gasteiger partial charge in [0.05, 0.1) is 40.5 Å². The van der Waals surface area contributed by atoms with Crippen LogP contribution in [0.4, 0.5) is 4.79 Å². The number of rotatable bonds is 6. The lowest BCUT2D eigenvalue weighted by molar-refractivity contribution is 0.00413. The van der Waals surface area contributed by atoms with E-state index in [4.69, 9.17) is 20.9 Å². The van der Waals surface area contributed by atoms with Gasteiger partial charge < -0.3 is 18.7 Å². The molecule has 9 nitrogen and oxygen atoms in total. The Balaban J connectivity index is 1.15. The number of hydrogen-bond acceptors (Lipinski definition) is 7. The lowest BCUT2D eigenvalue weighted by Gasteiger charge is -2.36. The molecule has 200 valence electrons. The minimum absolute atomic E-state index is 0.297. The van der Waals surface area contributed by atoms with E-state index in [1.165, 1.54) is 0 Å². The van der Waals surface area contributed by atoms with E-state index in [0.29, 0.717) is 46.8 Å². The number of ether oxygens (including phenoxy) is 1. The van der Waals surface area contributed by atoms with Crippen molar-refractivity contribution in [2.75, 3.05) is 13.1 Å². The molecule has 1 spiro atoms. The van der Waals surface area contributed by atoms with Crippen LogP contribution in [0, 0.1) is 17.2 Å². The summed E-state index contributed by atoms with van der Waals surface area (Å²) in [7, 11) is 0. The topological polar surface area (TPSA) is 110 Å². The van der Waals surface area contributed by atoms with Gasteiger partial charge >= 0.3 is 6.09 Å². The Labute approximate surface area is 231 Å². The first-order valence-corrected chi connectivity index (χ1v) is 13.6.